The van der Waals surface area contributed by atoms with E-state index in [0.717, 1.165) is 0 Å². The number of aliphatic carboxylic acids is 2. The van der Waals surface area contributed by atoms with E-state index < -0.39 is 11.9 Å². The molecule has 1 aliphatic heterocycles. The summed E-state index contributed by atoms with van der Waals surface area (Å²) < 4.78 is 5.31. The van der Waals surface area contributed by atoms with E-state index in [4.69, 9.17) is 24.3 Å². The second-order valence-electron chi connectivity index (χ2n) is 7.21. The van der Waals surface area contributed by atoms with Gasteiger partial charge in [0.2, 0.25) is 23.4 Å². The zero-order valence-electron chi connectivity index (χ0n) is 17.9. The Morgan fingerprint density at radius 1 is 1.03 bits per heavy atom. The zero-order valence-corrected chi connectivity index (χ0v) is 17.9. The van der Waals surface area contributed by atoms with Gasteiger partial charge in [-0.1, -0.05) is 5.16 Å². The van der Waals surface area contributed by atoms with Crippen molar-refractivity contribution < 1.29 is 33.9 Å². The molecule has 3 heterocycles. The third-order valence-corrected chi connectivity index (χ3v) is 4.64. The summed E-state index contributed by atoms with van der Waals surface area (Å²) in [5, 5.41) is 21.5. The second-order valence-corrected chi connectivity index (χ2v) is 7.21. The predicted molar refractivity (Wildman–Crippen MR) is 115 cm³/mol. The average Bonchev–Trinajstić information content (AvgIpc) is 3.27. The lowest BCUT2D eigenvalue weighted by Gasteiger charge is -2.36. The highest BCUT2D eigenvalue weighted by Gasteiger charge is 2.33. The van der Waals surface area contributed by atoms with Gasteiger partial charge in [-0.3, -0.25) is 14.5 Å². The number of carbonyl (C=O) groups is 4. The fourth-order valence-corrected chi connectivity index (χ4v) is 2.95. The number of amides is 1. The number of carboxylic acid groups (broad SMARTS) is 2. The number of Topliss-reactive ketones (excluding diaryl/α,β-unsaturated/α-hetero) is 1. The van der Waals surface area contributed by atoms with Gasteiger partial charge in [0, 0.05) is 36.7 Å². The maximum atomic E-state index is 12.2. The van der Waals surface area contributed by atoms with Crippen LogP contribution in [0.1, 0.15) is 29.1 Å². The molecule has 0 saturated carbocycles. The number of benzene rings is 1. The van der Waals surface area contributed by atoms with Crippen LogP contribution in [-0.4, -0.2) is 78.5 Å². The summed E-state index contributed by atoms with van der Waals surface area (Å²) >= 11 is 0. The highest BCUT2D eigenvalue weighted by atomic mass is 16.5. The lowest BCUT2D eigenvalue weighted by atomic mass is 10.0. The third-order valence-electron chi connectivity index (χ3n) is 4.64. The van der Waals surface area contributed by atoms with Crippen LogP contribution in [0.2, 0.25) is 0 Å². The molecule has 0 aliphatic carbocycles. The molecule has 1 fully saturated rings. The largest absolute Gasteiger partial charge is 0.473 e. The Morgan fingerprint density at radius 3 is 2.21 bits per heavy atom. The summed E-state index contributed by atoms with van der Waals surface area (Å²) in [5.41, 5.74) is 1.28. The van der Waals surface area contributed by atoms with Crippen LogP contribution in [0.3, 0.4) is 0 Å². The van der Waals surface area contributed by atoms with E-state index in [-0.39, 0.29) is 24.2 Å². The number of anilines is 1. The number of nitrogens with zero attached hydrogens (tertiary/aromatic N) is 5. The van der Waals surface area contributed by atoms with Gasteiger partial charge in [0.15, 0.2) is 5.78 Å². The molecule has 176 valence electrons. The number of hydrogen-bond acceptors (Lipinski definition) is 10. The molecule has 1 amide bonds. The Labute approximate surface area is 192 Å². The van der Waals surface area contributed by atoms with Gasteiger partial charge >= 0.3 is 11.9 Å². The number of carbonyl (C=O) groups excluding carboxylic acids is 2. The van der Waals surface area contributed by atoms with E-state index in [9.17, 15) is 9.59 Å². The summed E-state index contributed by atoms with van der Waals surface area (Å²) in [7, 11) is 0. The Morgan fingerprint density at radius 2 is 1.65 bits per heavy atom. The molecule has 0 spiro atoms. The van der Waals surface area contributed by atoms with Crippen molar-refractivity contribution in [1.29, 1.82) is 0 Å². The predicted octanol–water partition coefficient (Wildman–Crippen LogP) is 0.923. The molecular weight excluding hydrogens is 448 g/mol. The Kier molecular flexibility index (Phi) is 7.71. The minimum atomic E-state index is -1.82. The molecule has 13 heteroatoms. The number of hydrogen-bond donors (Lipinski definition) is 3. The summed E-state index contributed by atoms with van der Waals surface area (Å²) in [6.45, 7) is 3.10. The van der Waals surface area contributed by atoms with Gasteiger partial charge in [-0.15, -0.1) is 0 Å². The van der Waals surface area contributed by atoms with E-state index >= 15 is 0 Å². The first-order valence-electron chi connectivity index (χ1n) is 9.93. The van der Waals surface area contributed by atoms with E-state index in [2.05, 4.69) is 25.4 Å². The van der Waals surface area contributed by atoms with E-state index in [1.807, 2.05) is 4.90 Å². The number of rotatable bonds is 6. The third kappa shape index (κ3) is 6.49. The van der Waals surface area contributed by atoms with Crippen molar-refractivity contribution in [2.75, 3.05) is 25.0 Å². The molecule has 3 aromatic rings. The number of carboxylic acids is 2. The SMILES string of the molecule is CC(=O)c1ccc(NC(=O)CN2CC(c3nc(-c4ncccn4)no3)C2)cc1.O=C(O)C(=O)O. The van der Waals surface area contributed by atoms with E-state index in [1.165, 1.54) is 6.92 Å². The normalized spacial score (nSPS) is 13.2. The van der Waals surface area contributed by atoms with Gasteiger partial charge in [-0.2, -0.15) is 4.98 Å². The Hall–Kier alpha value is -4.52. The van der Waals surface area contributed by atoms with Gasteiger partial charge in [0.1, 0.15) is 0 Å². The molecule has 0 bridgehead atoms. The number of ketones is 1. The molecule has 4 rings (SSSR count). The van der Waals surface area contributed by atoms with Crippen molar-refractivity contribution in [2.45, 2.75) is 12.8 Å². The van der Waals surface area contributed by atoms with Crippen LogP contribution in [0.4, 0.5) is 5.69 Å². The van der Waals surface area contributed by atoms with Crippen molar-refractivity contribution in [3.05, 3.63) is 54.2 Å². The summed E-state index contributed by atoms with van der Waals surface area (Å²) in [6, 6.07) is 8.55. The van der Waals surface area contributed by atoms with Gasteiger partial charge < -0.3 is 20.1 Å². The Balaban J connectivity index is 0.000000481. The maximum Gasteiger partial charge on any atom is 0.414 e. The first kappa shape index (κ1) is 24.1. The zero-order chi connectivity index (χ0) is 24.7. The first-order chi connectivity index (χ1) is 16.2. The van der Waals surface area contributed by atoms with E-state index in [1.54, 1.807) is 42.7 Å². The second kappa shape index (κ2) is 10.9. The highest BCUT2D eigenvalue weighted by Crippen LogP contribution is 2.26. The van der Waals surface area contributed by atoms with Gasteiger partial charge in [0.05, 0.1) is 12.5 Å². The highest BCUT2D eigenvalue weighted by molar-refractivity contribution is 6.27. The van der Waals surface area contributed by atoms with Crippen molar-refractivity contribution >= 4 is 29.3 Å². The monoisotopic (exact) mass is 468 g/mol. The molecule has 1 aromatic carbocycles. The fourth-order valence-electron chi connectivity index (χ4n) is 2.95. The van der Waals surface area contributed by atoms with Crippen LogP contribution in [0.5, 0.6) is 0 Å². The van der Waals surface area contributed by atoms with Crippen LogP contribution in [0.15, 0.2) is 47.2 Å². The quantitative estimate of drug-likeness (QED) is 0.343. The Bertz CT molecular complexity index is 1160. The minimum absolute atomic E-state index is 0.00694. The topological polar surface area (TPSA) is 189 Å². The minimum Gasteiger partial charge on any atom is -0.473 e. The summed E-state index contributed by atoms with van der Waals surface area (Å²) in [6.07, 6.45) is 3.24. The smallest absolute Gasteiger partial charge is 0.414 e. The standard InChI is InChI=1S/C19H18N6O3.C2H2O4/c1-12(26)13-3-5-15(6-4-13)22-16(27)11-25-9-14(10-25)19-23-18(24-28-19)17-20-7-2-8-21-17;3-1(4)2(5)6/h2-8,14H,9-11H2,1H3,(H,22,27);(H,3,4)(H,5,6). The summed E-state index contributed by atoms with van der Waals surface area (Å²) in [5.74, 6) is -2.37. The average molecular weight is 468 g/mol. The fraction of sp³-hybridized carbons (Fsp3) is 0.238. The first-order valence-corrected chi connectivity index (χ1v) is 9.93. The van der Waals surface area contributed by atoms with Crippen LogP contribution >= 0.6 is 0 Å². The molecular formula is C21H20N6O7. The lowest BCUT2D eigenvalue weighted by molar-refractivity contribution is -0.159. The van der Waals surface area contributed by atoms with Gasteiger partial charge in [-0.25, -0.2) is 19.6 Å². The molecule has 2 aromatic heterocycles. The number of likely N-dealkylation sites (tertiary alicyclic amines) is 1. The molecule has 1 aliphatic rings. The summed E-state index contributed by atoms with van der Waals surface area (Å²) in [4.78, 5) is 56.2. The lowest BCUT2D eigenvalue weighted by Crippen LogP contribution is -2.48. The maximum absolute atomic E-state index is 12.2. The van der Waals surface area contributed by atoms with Crippen LogP contribution < -0.4 is 5.32 Å². The molecule has 0 unspecified atom stereocenters. The molecule has 13 nitrogen and oxygen atoms in total. The molecule has 0 atom stereocenters. The van der Waals surface area contributed by atoms with E-state index in [0.29, 0.717) is 41.9 Å². The van der Waals surface area contributed by atoms with Crippen molar-refractivity contribution in [3.63, 3.8) is 0 Å². The molecule has 34 heavy (non-hydrogen) atoms. The van der Waals surface area contributed by atoms with Crippen molar-refractivity contribution in [1.82, 2.24) is 25.0 Å². The van der Waals surface area contributed by atoms with Crippen LogP contribution in [-0.2, 0) is 14.4 Å². The van der Waals surface area contributed by atoms with Gasteiger partial charge in [0.25, 0.3) is 0 Å². The molecule has 0 radical (unpaired) electrons. The number of aromatic nitrogens is 4. The van der Waals surface area contributed by atoms with Crippen LogP contribution in [0, 0.1) is 0 Å². The van der Waals surface area contributed by atoms with Crippen molar-refractivity contribution in [3.8, 4) is 11.6 Å². The van der Waals surface area contributed by atoms with Gasteiger partial charge in [-0.05, 0) is 37.3 Å². The molecule has 1 saturated heterocycles. The van der Waals surface area contributed by atoms with Crippen molar-refractivity contribution in [2.24, 2.45) is 0 Å². The number of nitrogens with one attached hydrogen (secondary N) is 1. The molecule has 3 N–H and O–H groups in total. The van der Waals surface area contributed by atoms with Crippen LogP contribution in [0.25, 0.3) is 11.6 Å².